The molecule has 1 heterocycles. The summed E-state index contributed by atoms with van der Waals surface area (Å²) >= 11 is 11.3. The molecule has 0 aromatic carbocycles. The fourth-order valence-corrected chi connectivity index (χ4v) is 1.53. The van der Waals surface area contributed by atoms with Crippen molar-refractivity contribution in [3.8, 4) is 5.75 Å². The van der Waals surface area contributed by atoms with Gasteiger partial charge >= 0.3 is 0 Å². The van der Waals surface area contributed by atoms with Crippen molar-refractivity contribution in [2.24, 2.45) is 0 Å². The molecule has 1 rings (SSSR count). The fraction of sp³-hybridized carbons (Fsp3) is 0.286. The van der Waals surface area contributed by atoms with Gasteiger partial charge in [0.25, 0.3) is 5.56 Å². The zero-order valence-electron chi connectivity index (χ0n) is 6.27. The van der Waals surface area contributed by atoms with Crippen LogP contribution in [-0.2, 0) is 0 Å². The molecule has 0 fully saturated rings. The Balaban J connectivity index is 3.38. The van der Waals surface area contributed by atoms with Crippen LogP contribution in [0.2, 0.25) is 5.15 Å². The molecule has 0 radical (unpaired) electrons. The average molecular weight is 208 g/mol. The van der Waals surface area contributed by atoms with Crippen molar-refractivity contribution in [1.29, 1.82) is 0 Å². The van der Waals surface area contributed by atoms with Gasteiger partial charge in [-0.25, -0.2) is 0 Å². The highest BCUT2D eigenvalue weighted by atomic mass is 35.5. The molecule has 2 N–H and O–H groups in total. The highest BCUT2D eigenvalue weighted by molar-refractivity contribution is 6.31. The van der Waals surface area contributed by atoms with Crippen LogP contribution in [0, 0.1) is 0 Å². The molecular weight excluding hydrogens is 201 g/mol. The van der Waals surface area contributed by atoms with E-state index in [2.05, 4.69) is 4.98 Å². The van der Waals surface area contributed by atoms with Crippen molar-refractivity contribution in [3.63, 3.8) is 0 Å². The van der Waals surface area contributed by atoms with E-state index in [1.807, 2.05) is 0 Å². The normalized spacial score (nSPS) is 12.9. The molecule has 66 valence electrons. The maximum absolute atomic E-state index is 10.7. The van der Waals surface area contributed by atoms with E-state index < -0.39 is 10.9 Å². The molecule has 0 spiro atoms. The lowest BCUT2D eigenvalue weighted by molar-refractivity contribution is 0.466. The second-order valence-electron chi connectivity index (χ2n) is 2.36. The van der Waals surface area contributed by atoms with Gasteiger partial charge in [0.05, 0.1) is 5.38 Å². The molecule has 0 saturated heterocycles. The number of aromatic hydroxyl groups is 1. The smallest absolute Gasteiger partial charge is 0.252 e. The van der Waals surface area contributed by atoms with Crippen molar-refractivity contribution in [2.75, 3.05) is 0 Å². The van der Waals surface area contributed by atoms with Gasteiger partial charge in [0.15, 0.2) is 0 Å². The second kappa shape index (κ2) is 3.37. The number of H-pyrrole nitrogens is 1. The molecule has 0 saturated carbocycles. The molecule has 1 aromatic rings. The third-order valence-corrected chi connectivity index (χ3v) is 1.93. The Morgan fingerprint density at radius 3 is 2.67 bits per heavy atom. The van der Waals surface area contributed by atoms with E-state index in [9.17, 15) is 9.90 Å². The Morgan fingerprint density at radius 1 is 1.67 bits per heavy atom. The summed E-state index contributed by atoms with van der Waals surface area (Å²) in [6.45, 7) is 1.65. The summed E-state index contributed by atoms with van der Waals surface area (Å²) in [5, 5.41) is 8.90. The molecule has 12 heavy (non-hydrogen) atoms. The van der Waals surface area contributed by atoms with Crippen LogP contribution < -0.4 is 5.56 Å². The summed E-state index contributed by atoms with van der Waals surface area (Å²) in [5.74, 6) is -0.175. The standard InChI is InChI=1S/C7H7Cl2NO2/c1-3(8)6-4(11)2-5(12)10-7(6)9/h2-3H,1H3,(H2,10,11,12). The first-order chi connectivity index (χ1) is 5.52. The Kier molecular flexibility index (Phi) is 2.65. The van der Waals surface area contributed by atoms with E-state index in [1.54, 1.807) is 6.92 Å². The number of nitrogens with one attached hydrogen (secondary N) is 1. The van der Waals surface area contributed by atoms with Gasteiger partial charge < -0.3 is 10.1 Å². The van der Waals surface area contributed by atoms with E-state index in [0.29, 0.717) is 5.56 Å². The number of rotatable bonds is 1. The number of hydrogen-bond donors (Lipinski definition) is 2. The molecule has 1 atom stereocenters. The van der Waals surface area contributed by atoms with E-state index in [4.69, 9.17) is 23.2 Å². The molecule has 0 aliphatic carbocycles. The Labute approximate surface area is 78.9 Å². The van der Waals surface area contributed by atoms with Crippen molar-refractivity contribution < 1.29 is 5.11 Å². The summed E-state index contributed by atoms with van der Waals surface area (Å²) in [6.07, 6.45) is 0. The zero-order chi connectivity index (χ0) is 9.30. The second-order valence-corrected chi connectivity index (χ2v) is 3.40. The minimum atomic E-state index is -0.446. The summed E-state index contributed by atoms with van der Waals surface area (Å²) in [7, 11) is 0. The topological polar surface area (TPSA) is 53.1 Å². The van der Waals surface area contributed by atoms with Crippen LogP contribution in [0.1, 0.15) is 17.9 Å². The van der Waals surface area contributed by atoms with Crippen LogP contribution in [0.5, 0.6) is 5.75 Å². The predicted molar refractivity (Wildman–Crippen MR) is 48.0 cm³/mol. The van der Waals surface area contributed by atoms with E-state index in [1.165, 1.54) is 0 Å². The number of aromatic amines is 1. The van der Waals surface area contributed by atoms with Crippen LogP contribution in [0.25, 0.3) is 0 Å². The van der Waals surface area contributed by atoms with Crippen LogP contribution in [0.4, 0.5) is 0 Å². The maximum atomic E-state index is 10.7. The number of halogens is 2. The SMILES string of the molecule is CC(Cl)c1c(O)cc(=O)[nH]c1Cl. The van der Waals surface area contributed by atoms with Crippen LogP contribution in [0.3, 0.4) is 0 Å². The van der Waals surface area contributed by atoms with Gasteiger partial charge in [-0.3, -0.25) is 4.79 Å². The number of aromatic nitrogens is 1. The van der Waals surface area contributed by atoms with Gasteiger partial charge in [-0.05, 0) is 6.92 Å². The predicted octanol–water partition coefficient (Wildman–Crippen LogP) is 2.03. The van der Waals surface area contributed by atoms with Gasteiger partial charge in [0, 0.05) is 11.6 Å². The maximum Gasteiger partial charge on any atom is 0.252 e. The summed E-state index contributed by atoms with van der Waals surface area (Å²) in [4.78, 5) is 13.1. The highest BCUT2D eigenvalue weighted by Crippen LogP contribution is 2.31. The van der Waals surface area contributed by atoms with E-state index >= 15 is 0 Å². The summed E-state index contributed by atoms with van der Waals surface area (Å²) in [5.41, 5.74) is -0.100. The minimum absolute atomic E-state index is 0.0856. The lowest BCUT2D eigenvalue weighted by Crippen LogP contribution is -2.06. The van der Waals surface area contributed by atoms with E-state index in [-0.39, 0.29) is 10.9 Å². The van der Waals surface area contributed by atoms with Crippen LogP contribution in [-0.4, -0.2) is 10.1 Å². The molecule has 5 heteroatoms. The fourth-order valence-electron chi connectivity index (χ4n) is 0.904. The number of alkyl halides is 1. The van der Waals surface area contributed by atoms with Gasteiger partial charge in [-0.2, -0.15) is 0 Å². The molecule has 0 aliphatic heterocycles. The first-order valence-electron chi connectivity index (χ1n) is 3.28. The van der Waals surface area contributed by atoms with Gasteiger partial charge in [0.1, 0.15) is 10.9 Å². The molecule has 1 unspecified atom stereocenters. The average Bonchev–Trinajstić information content (AvgIpc) is 1.82. The van der Waals surface area contributed by atoms with Crippen molar-refractivity contribution in [1.82, 2.24) is 4.98 Å². The quantitative estimate of drug-likeness (QED) is 0.548. The summed E-state index contributed by atoms with van der Waals surface area (Å²) < 4.78 is 0. The van der Waals surface area contributed by atoms with Crippen molar-refractivity contribution in [3.05, 3.63) is 27.1 Å². The summed E-state index contributed by atoms with van der Waals surface area (Å²) in [6, 6.07) is 1.04. The molecule has 0 aliphatic rings. The molecular formula is C7H7Cl2NO2. The van der Waals surface area contributed by atoms with Crippen molar-refractivity contribution in [2.45, 2.75) is 12.3 Å². The van der Waals surface area contributed by atoms with Gasteiger partial charge in [-0.1, -0.05) is 11.6 Å². The lowest BCUT2D eigenvalue weighted by atomic mass is 10.2. The lowest BCUT2D eigenvalue weighted by Gasteiger charge is -2.07. The van der Waals surface area contributed by atoms with Crippen LogP contribution in [0.15, 0.2) is 10.9 Å². The number of pyridine rings is 1. The van der Waals surface area contributed by atoms with Gasteiger partial charge in [-0.15, -0.1) is 11.6 Å². The van der Waals surface area contributed by atoms with E-state index in [0.717, 1.165) is 6.07 Å². The molecule has 0 bridgehead atoms. The van der Waals surface area contributed by atoms with Gasteiger partial charge in [0.2, 0.25) is 0 Å². The Morgan fingerprint density at radius 2 is 2.25 bits per heavy atom. The first kappa shape index (κ1) is 9.42. The first-order valence-corrected chi connectivity index (χ1v) is 4.09. The number of hydrogen-bond acceptors (Lipinski definition) is 2. The van der Waals surface area contributed by atoms with Crippen LogP contribution >= 0.6 is 23.2 Å². The molecule has 0 amide bonds. The third kappa shape index (κ3) is 1.73. The monoisotopic (exact) mass is 207 g/mol. The Bertz CT molecular complexity index is 319. The third-order valence-electron chi connectivity index (χ3n) is 1.41. The molecule has 1 aromatic heterocycles. The zero-order valence-corrected chi connectivity index (χ0v) is 7.78. The molecule has 3 nitrogen and oxygen atoms in total. The van der Waals surface area contributed by atoms with Crippen molar-refractivity contribution >= 4 is 23.2 Å². The largest absolute Gasteiger partial charge is 0.507 e. The highest BCUT2D eigenvalue weighted by Gasteiger charge is 2.13. The Hall–Kier alpha value is -0.670. The minimum Gasteiger partial charge on any atom is -0.507 e.